The lowest BCUT2D eigenvalue weighted by molar-refractivity contribution is -0.127. The van der Waals surface area contributed by atoms with E-state index in [0.29, 0.717) is 11.5 Å². The van der Waals surface area contributed by atoms with E-state index < -0.39 is 0 Å². The Bertz CT molecular complexity index is 1210. The number of nitrogens with zero attached hydrogens (tertiary/aromatic N) is 6. The SMILES string of the molecule is Cc1cnc2c(C34CC(C)(C3)C4)nc([C@H]3C[C@H](C)O[C@@H](c4cnn(C5CC5)c4)C3)nc2n1. The molecule has 1 aliphatic heterocycles. The summed E-state index contributed by atoms with van der Waals surface area (Å²) in [5, 5.41) is 4.59. The van der Waals surface area contributed by atoms with Crippen LogP contribution in [-0.4, -0.2) is 35.8 Å². The van der Waals surface area contributed by atoms with Crippen LogP contribution in [-0.2, 0) is 10.2 Å². The van der Waals surface area contributed by atoms with Gasteiger partial charge in [-0.05, 0) is 64.2 Å². The second-order valence-electron chi connectivity index (χ2n) is 11.3. The molecule has 7 heteroatoms. The number of hydrogen-bond acceptors (Lipinski definition) is 6. The van der Waals surface area contributed by atoms with Crippen LogP contribution >= 0.6 is 0 Å². The van der Waals surface area contributed by atoms with Crippen molar-refractivity contribution in [1.82, 2.24) is 29.7 Å². The van der Waals surface area contributed by atoms with Gasteiger partial charge in [0.15, 0.2) is 5.65 Å². The Morgan fingerprint density at radius 1 is 1.06 bits per heavy atom. The van der Waals surface area contributed by atoms with E-state index in [2.05, 4.69) is 29.8 Å². The van der Waals surface area contributed by atoms with E-state index in [-0.39, 0.29) is 23.5 Å². The van der Waals surface area contributed by atoms with Crippen LogP contribution in [0.2, 0.25) is 0 Å². The average molecular weight is 431 g/mol. The topological polar surface area (TPSA) is 78.6 Å². The molecule has 0 unspecified atom stereocenters. The van der Waals surface area contributed by atoms with Crippen LogP contribution < -0.4 is 0 Å². The number of ether oxygens (including phenoxy) is 1. The fourth-order valence-electron chi connectivity index (χ4n) is 6.74. The molecule has 3 aromatic rings. The highest BCUT2D eigenvalue weighted by Crippen LogP contribution is 2.73. The van der Waals surface area contributed by atoms with Crippen molar-refractivity contribution in [3.8, 4) is 0 Å². The van der Waals surface area contributed by atoms with Gasteiger partial charge in [0.05, 0.1) is 35.8 Å². The van der Waals surface area contributed by atoms with Gasteiger partial charge in [-0.15, -0.1) is 0 Å². The normalized spacial score (nSPS) is 36.0. The zero-order valence-electron chi connectivity index (χ0n) is 19.1. The molecule has 4 heterocycles. The molecule has 32 heavy (non-hydrogen) atoms. The lowest BCUT2D eigenvalue weighted by Crippen LogP contribution is -2.63. The summed E-state index contributed by atoms with van der Waals surface area (Å²) in [6.07, 6.45) is 14.2. The van der Waals surface area contributed by atoms with E-state index >= 15 is 0 Å². The van der Waals surface area contributed by atoms with Crippen LogP contribution in [0.25, 0.3) is 11.2 Å². The lowest BCUT2D eigenvalue weighted by atomic mass is 9.35. The monoisotopic (exact) mass is 430 g/mol. The highest BCUT2D eigenvalue weighted by atomic mass is 16.5. The summed E-state index contributed by atoms with van der Waals surface area (Å²) >= 11 is 0. The highest BCUT2D eigenvalue weighted by molar-refractivity contribution is 5.75. The number of hydrogen-bond donors (Lipinski definition) is 0. The van der Waals surface area contributed by atoms with Crippen molar-refractivity contribution in [3.05, 3.63) is 41.4 Å². The molecule has 3 atom stereocenters. The van der Waals surface area contributed by atoms with Crippen LogP contribution in [0.5, 0.6) is 0 Å². The molecule has 1 saturated heterocycles. The molecule has 0 spiro atoms. The zero-order chi connectivity index (χ0) is 21.7. The summed E-state index contributed by atoms with van der Waals surface area (Å²) in [4.78, 5) is 19.7. The summed E-state index contributed by atoms with van der Waals surface area (Å²) < 4.78 is 8.47. The van der Waals surface area contributed by atoms with E-state index in [1.165, 1.54) is 37.7 Å². The summed E-state index contributed by atoms with van der Waals surface area (Å²) in [6, 6.07) is 0.587. The van der Waals surface area contributed by atoms with Gasteiger partial charge in [-0.3, -0.25) is 4.68 Å². The van der Waals surface area contributed by atoms with Gasteiger partial charge in [-0.25, -0.2) is 19.9 Å². The molecule has 0 amide bonds. The van der Waals surface area contributed by atoms with Crippen LogP contribution in [0.3, 0.4) is 0 Å². The summed E-state index contributed by atoms with van der Waals surface area (Å²) in [5.41, 5.74) is 5.60. The molecule has 166 valence electrons. The second-order valence-corrected chi connectivity index (χ2v) is 11.3. The molecule has 3 aromatic heterocycles. The molecule has 5 aliphatic rings. The van der Waals surface area contributed by atoms with Crippen molar-refractivity contribution < 1.29 is 4.74 Å². The van der Waals surface area contributed by atoms with Crippen molar-refractivity contribution in [3.63, 3.8) is 0 Å². The summed E-state index contributed by atoms with van der Waals surface area (Å²) in [5.74, 6) is 1.18. The molecule has 0 aromatic carbocycles. The van der Waals surface area contributed by atoms with Crippen molar-refractivity contribution >= 4 is 11.2 Å². The van der Waals surface area contributed by atoms with Gasteiger partial charge in [-0.1, -0.05) is 6.92 Å². The number of aromatic nitrogens is 6. The fourth-order valence-corrected chi connectivity index (χ4v) is 6.74. The highest BCUT2D eigenvalue weighted by Gasteiger charge is 2.67. The fraction of sp³-hybridized carbons (Fsp3) is 0.640. The molecule has 5 fully saturated rings. The van der Waals surface area contributed by atoms with Crippen molar-refractivity contribution in [2.45, 2.75) is 95.3 Å². The minimum absolute atomic E-state index is 0.0384. The number of fused-ring (bicyclic) bond motifs is 1. The molecule has 2 bridgehead atoms. The predicted molar refractivity (Wildman–Crippen MR) is 119 cm³/mol. The smallest absolute Gasteiger partial charge is 0.182 e. The van der Waals surface area contributed by atoms with Crippen LogP contribution in [0.1, 0.15) is 99.6 Å². The standard InChI is InChI=1S/C25H30N6O/c1-14-8-26-20-21(25-11-24(3,12-25)13-25)29-22(30-23(20)28-14)16-6-15(2)32-19(7-16)17-9-27-31(10-17)18-4-5-18/h8-10,15-16,18-19H,4-7,11-13H2,1-3H3/t15-,16-,19+,24?,25?/m0/s1. The molecule has 0 N–H and O–H groups in total. The van der Waals surface area contributed by atoms with E-state index in [0.717, 1.165) is 41.2 Å². The van der Waals surface area contributed by atoms with E-state index in [1.807, 2.05) is 19.3 Å². The van der Waals surface area contributed by atoms with Crippen LogP contribution in [0.4, 0.5) is 0 Å². The van der Waals surface area contributed by atoms with Crippen LogP contribution in [0.15, 0.2) is 18.6 Å². The maximum absolute atomic E-state index is 6.36. The predicted octanol–water partition coefficient (Wildman–Crippen LogP) is 4.73. The second kappa shape index (κ2) is 6.34. The largest absolute Gasteiger partial charge is 0.370 e. The van der Waals surface area contributed by atoms with Gasteiger partial charge < -0.3 is 4.74 Å². The first-order valence-electron chi connectivity index (χ1n) is 12.1. The van der Waals surface area contributed by atoms with E-state index in [4.69, 9.17) is 24.7 Å². The molecular formula is C25H30N6O. The maximum atomic E-state index is 6.36. The summed E-state index contributed by atoms with van der Waals surface area (Å²) in [6.45, 7) is 6.54. The van der Waals surface area contributed by atoms with Gasteiger partial charge in [0.2, 0.25) is 0 Å². The first kappa shape index (κ1) is 19.1. The summed E-state index contributed by atoms with van der Waals surface area (Å²) in [7, 11) is 0. The maximum Gasteiger partial charge on any atom is 0.182 e. The van der Waals surface area contributed by atoms with Gasteiger partial charge in [0, 0.05) is 29.3 Å². The quantitative estimate of drug-likeness (QED) is 0.596. The van der Waals surface area contributed by atoms with Crippen molar-refractivity contribution in [2.24, 2.45) is 5.41 Å². The number of aryl methyl sites for hydroxylation is 1. The van der Waals surface area contributed by atoms with Gasteiger partial charge in [-0.2, -0.15) is 5.10 Å². The molecule has 0 radical (unpaired) electrons. The molecule has 7 nitrogen and oxygen atoms in total. The first-order chi connectivity index (χ1) is 15.4. The van der Waals surface area contributed by atoms with Crippen molar-refractivity contribution in [2.75, 3.05) is 0 Å². The zero-order valence-corrected chi connectivity index (χ0v) is 19.1. The Morgan fingerprint density at radius 2 is 1.88 bits per heavy atom. The third-order valence-corrected chi connectivity index (χ3v) is 8.13. The Hall–Kier alpha value is -2.41. The van der Waals surface area contributed by atoms with Gasteiger partial charge in [0.1, 0.15) is 11.3 Å². The van der Waals surface area contributed by atoms with Gasteiger partial charge >= 0.3 is 0 Å². The Kier molecular flexibility index (Phi) is 3.78. The average Bonchev–Trinajstić information content (AvgIpc) is 3.45. The number of rotatable bonds is 4. The minimum Gasteiger partial charge on any atom is -0.370 e. The third-order valence-electron chi connectivity index (χ3n) is 8.13. The van der Waals surface area contributed by atoms with Gasteiger partial charge in [0.25, 0.3) is 0 Å². The third kappa shape index (κ3) is 2.86. The lowest BCUT2D eigenvalue weighted by Gasteiger charge is -2.69. The van der Waals surface area contributed by atoms with E-state index in [1.54, 1.807) is 0 Å². The molecular weight excluding hydrogens is 400 g/mol. The minimum atomic E-state index is 0.0384. The van der Waals surface area contributed by atoms with Crippen molar-refractivity contribution in [1.29, 1.82) is 0 Å². The Balaban J connectivity index is 1.26. The van der Waals surface area contributed by atoms with Crippen LogP contribution in [0, 0.1) is 12.3 Å². The Morgan fingerprint density at radius 3 is 2.62 bits per heavy atom. The molecule has 4 aliphatic carbocycles. The first-order valence-corrected chi connectivity index (χ1v) is 12.1. The Labute approximate surface area is 188 Å². The van der Waals surface area contributed by atoms with E-state index in [9.17, 15) is 0 Å². The molecule has 8 rings (SSSR count). The molecule has 4 saturated carbocycles.